The molecule has 2 nitrogen and oxygen atoms in total. The van der Waals surface area contributed by atoms with E-state index in [1.165, 1.54) is 6.07 Å². The van der Waals surface area contributed by atoms with E-state index in [1.807, 2.05) is 12.1 Å². The number of rotatable bonds is 3. The van der Waals surface area contributed by atoms with Gasteiger partial charge in [0.05, 0.1) is 7.11 Å². The fourth-order valence-electron chi connectivity index (χ4n) is 2.27. The Labute approximate surface area is 101 Å². The molecule has 1 saturated heterocycles. The molecule has 1 fully saturated rings. The van der Waals surface area contributed by atoms with E-state index in [1.54, 1.807) is 7.11 Å². The van der Waals surface area contributed by atoms with Crippen molar-refractivity contribution in [3.8, 4) is 0 Å². The Balaban J connectivity index is 2.21. The summed E-state index contributed by atoms with van der Waals surface area (Å²) in [6, 6.07) is 5.24. The summed E-state index contributed by atoms with van der Waals surface area (Å²) >= 11 is 0. The number of methoxy groups -OCH3 is 1. The van der Waals surface area contributed by atoms with E-state index >= 15 is 0 Å². The predicted molar refractivity (Wildman–Crippen MR) is 67.3 cm³/mol. The highest BCUT2D eigenvalue weighted by Crippen LogP contribution is 2.27. The van der Waals surface area contributed by atoms with Crippen LogP contribution in [-0.4, -0.2) is 20.2 Å². The van der Waals surface area contributed by atoms with Gasteiger partial charge in [-0.1, -0.05) is 18.7 Å². The molecule has 1 N–H and O–H groups in total. The molecule has 3 heteroatoms. The van der Waals surface area contributed by atoms with Crippen molar-refractivity contribution in [3.05, 3.63) is 41.7 Å². The monoisotopic (exact) mass is 235 g/mol. The summed E-state index contributed by atoms with van der Waals surface area (Å²) in [6.07, 6.45) is 2.16. The summed E-state index contributed by atoms with van der Waals surface area (Å²) in [5.41, 5.74) is 1.50. The van der Waals surface area contributed by atoms with Crippen LogP contribution in [-0.2, 0) is 4.74 Å². The summed E-state index contributed by atoms with van der Waals surface area (Å²) in [7, 11) is 1.54. The molecule has 1 aliphatic heterocycles. The zero-order valence-electron chi connectivity index (χ0n) is 10.1. The Morgan fingerprint density at radius 3 is 2.94 bits per heavy atom. The third-order valence-corrected chi connectivity index (χ3v) is 3.31. The van der Waals surface area contributed by atoms with Gasteiger partial charge in [0.15, 0.2) is 0 Å². The summed E-state index contributed by atoms with van der Waals surface area (Å²) in [4.78, 5) is 0. The molecule has 1 aromatic carbocycles. The fourth-order valence-corrected chi connectivity index (χ4v) is 2.27. The molecular formula is C14H18FNO. The lowest BCUT2D eigenvalue weighted by Crippen LogP contribution is -2.28. The van der Waals surface area contributed by atoms with Crippen molar-refractivity contribution in [3.63, 3.8) is 0 Å². The second kappa shape index (κ2) is 5.32. The van der Waals surface area contributed by atoms with Gasteiger partial charge in [-0.05, 0) is 36.9 Å². The number of halogens is 1. The number of hydrogen-bond donors (Lipinski definition) is 1. The Kier molecular flexibility index (Phi) is 3.79. The second-order valence-electron chi connectivity index (χ2n) is 4.41. The summed E-state index contributed by atoms with van der Waals surface area (Å²) in [5, 5.41) is 3.30. The van der Waals surface area contributed by atoms with E-state index in [0.29, 0.717) is 11.3 Å². The second-order valence-corrected chi connectivity index (χ2v) is 4.41. The van der Waals surface area contributed by atoms with Gasteiger partial charge in [0, 0.05) is 12.1 Å². The molecule has 1 heterocycles. The van der Waals surface area contributed by atoms with Crippen LogP contribution in [0.3, 0.4) is 0 Å². The molecule has 0 amide bonds. The van der Waals surface area contributed by atoms with Gasteiger partial charge in [-0.15, -0.1) is 0 Å². The van der Waals surface area contributed by atoms with Crippen molar-refractivity contribution in [2.75, 3.05) is 20.2 Å². The smallest absolute Gasteiger partial charge is 0.127 e. The Morgan fingerprint density at radius 1 is 1.53 bits per heavy atom. The highest BCUT2D eigenvalue weighted by Gasteiger charge is 2.18. The van der Waals surface area contributed by atoms with Crippen LogP contribution in [0.4, 0.5) is 4.39 Å². The number of ether oxygens (including phenoxy) is 1. The van der Waals surface area contributed by atoms with Crippen LogP contribution >= 0.6 is 0 Å². The third kappa shape index (κ3) is 2.67. The first-order valence-electron chi connectivity index (χ1n) is 5.96. The van der Waals surface area contributed by atoms with Crippen LogP contribution in [0.15, 0.2) is 24.8 Å². The molecule has 1 aliphatic rings. The minimum atomic E-state index is -0.158. The lowest BCUT2D eigenvalue weighted by atomic mass is 9.90. The van der Waals surface area contributed by atoms with Gasteiger partial charge < -0.3 is 10.1 Å². The zero-order chi connectivity index (χ0) is 12.3. The standard InChI is InChI=1S/C14H18FNO/c1-10(17-2)11-5-6-13(14(15)8-11)12-4-3-7-16-9-12/h5-6,8,12,16H,1,3-4,7,9H2,2H3. The van der Waals surface area contributed by atoms with Crippen LogP contribution in [0, 0.1) is 5.82 Å². The van der Waals surface area contributed by atoms with Gasteiger partial charge in [-0.3, -0.25) is 0 Å². The SMILES string of the molecule is C=C(OC)c1ccc(C2CCCNC2)c(F)c1. The average molecular weight is 235 g/mol. The van der Waals surface area contributed by atoms with E-state index in [9.17, 15) is 4.39 Å². The van der Waals surface area contributed by atoms with Crippen LogP contribution in [0.1, 0.15) is 29.9 Å². The average Bonchev–Trinajstić information content (AvgIpc) is 2.38. The maximum Gasteiger partial charge on any atom is 0.127 e. The lowest BCUT2D eigenvalue weighted by Gasteiger charge is -2.23. The van der Waals surface area contributed by atoms with Crippen molar-refractivity contribution in [1.29, 1.82) is 0 Å². The maximum absolute atomic E-state index is 14.0. The minimum Gasteiger partial charge on any atom is -0.497 e. The number of piperidine rings is 1. The molecule has 0 aromatic heterocycles. The van der Waals surface area contributed by atoms with Crippen LogP contribution in [0.2, 0.25) is 0 Å². The quantitative estimate of drug-likeness (QED) is 0.813. The molecule has 92 valence electrons. The summed E-state index contributed by atoms with van der Waals surface area (Å²) < 4.78 is 19.0. The fraction of sp³-hybridized carbons (Fsp3) is 0.429. The van der Waals surface area contributed by atoms with Crippen molar-refractivity contribution in [2.24, 2.45) is 0 Å². The summed E-state index contributed by atoms with van der Waals surface area (Å²) in [6.45, 7) is 5.63. The molecule has 0 aliphatic carbocycles. The van der Waals surface area contributed by atoms with E-state index in [2.05, 4.69) is 11.9 Å². The van der Waals surface area contributed by atoms with Gasteiger partial charge in [0.25, 0.3) is 0 Å². The molecule has 0 bridgehead atoms. The van der Waals surface area contributed by atoms with Gasteiger partial charge in [0.2, 0.25) is 0 Å². The zero-order valence-corrected chi connectivity index (χ0v) is 10.1. The first-order chi connectivity index (χ1) is 8.22. The number of benzene rings is 1. The molecule has 17 heavy (non-hydrogen) atoms. The van der Waals surface area contributed by atoms with Gasteiger partial charge in [0.1, 0.15) is 11.6 Å². The molecule has 1 atom stereocenters. The highest BCUT2D eigenvalue weighted by atomic mass is 19.1. The van der Waals surface area contributed by atoms with E-state index in [-0.39, 0.29) is 11.7 Å². The Bertz CT molecular complexity index is 411. The van der Waals surface area contributed by atoms with Gasteiger partial charge >= 0.3 is 0 Å². The van der Waals surface area contributed by atoms with Crippen molar-refractivity contribution < 1.29 is 9.13 Å². The molecule has 0 radical (unpaired) electrons. The minimum absolute atomic E-state index is 0.158. The number of hydrogen-bond acceptors (Lipinski definition) is 2. The molecule has 1 unspecified atom stereocenters. The van der Waals surface area contributed by atoms with Crippen molar-refractivity contribution in [2.45, 2.75) is 18.8 Å². The maximum atomic E-state index is 14.0. The highest BCUT2D eigenvalue weighted by molar-refractivity contribution is 5.57. The van der Waals surface area contributed by atoms with Crippen LogP contribution in [0.25, 0.3) is 5.76 Å². The molecule has 0 spiro atoms. The Hall–Kier alpha value is -1.35. The molecule has 0 saturated carbocycles. The largest absolute Gasteiger partial charge is 0.497 e. The number of nitrogens with one attached hydrogen (secondary N) is 1. The van der Waals surface area contributed by atoms with Crippen molar-refractivity contribution in [1.82, 2.24) is 5.32 Å². The molecule has 1 aromatic rings. The van der Waals surface area contributed by atoms with E-state index in [0.717, 1.165) is 31.5 Å². The Morgan fingerprint density at radius 2 is 2.35 bits per heavy atom. The molecular weight excluding hydrogens is 217 g/mol. The first-order valence-corrected chi connectivity index (χ1v) is 5.96. The normalized spacial score (nSPS) is 20.0. The predicted octanol–water partition coefficient (Wildman–Crippen LogP) is 2.91. The molecule has 2 rings (SSSR count). The van der Waals surface area contributed by atoms with E-state index in [4.69, 9.17) is 4.74 Å². The van der Waals surface area contributed by atoms with Crippen molar-refractivity contribution >= 4 is 5.76 Å². The first kappa shape index (κ1) is 12.1. The summed E-state index contributed by atoms with van der Waals surface area (Å²) in [5.74, 6) is 0.625. The van der Waals surface area contributed by atoms with Gasteiger partial charge in [-0.2, -0.15) is 0 Å². The van der Waals surface area contributed by atoms with Crippen LogP contribution < -0.4 is 5.32 Å². The third-order valence-electron chi connectivity index (χ3n) is 3.31. The van der Waals surface area contributed by atoms with Crippen LogP contribution in [0.5, 0.6) is 0 Å². The lowest BCUT2D eigenvalue weighted by molar-refractivity contribution is 0.371. The van der Waals surface area contributed by atoms with E-state index < -0.39 is 0 Å². The topological polar surface area (TPSA) is 21.3 Å². The van der Waals surface area contributed by atoms with Gasteiger partial charge in [-0.25, -0.2) is 4.39 Å².